The Kier molecular flexibility index (Phi) is 6.30. The molecule has 0 saturated heterocycles. The molecule has 0 atom stereocenters. The van der Waals surface area contributed by atoms with Crippen LogP contribution in [0.2, 0.25) is 0 Å². The average molecular weight is 354 g/mol. The van der Waals surface area contributed by atoms with Crippen LogP contribution in [0.15, 0.2) is 52.1 Å². The topological polar surface area (TPSA) is 69.9 Å². The van der Waals surface area contributed by atoms with Crippen LogP contribution in [0.25, 0.3) is 0 Å². The van der Waals surface area contributed by atoms with E-state index in [2.05, 4.69) is 21.7 Å². The number of anilines is 1. The van der Waals surface area contributed by atoms with Gasteiger partial charge in [-0.15, -0.1) is 0 Å². The smallest absolute Gasteiger partial charge is 0.227 e. The van der Waals surface area contributed by atoms with Crippen molar-refractivity contribution in [3.05, 3.63) is 54.0 Å². The second kappa shape index (κ2) is 9.08. The van der Waals surface area contributed by atoms with Gasteiger partial charge in [-0.3, -0.25) is 4.79 Å². The minimum atomic E-state index is 0.189. The van der Waals surface area contributed by atoms with Crippen molar-refractivity contribution in [1.29, 1.82) is 0 Å². The summed E-state index contributed by atoms with van der Waals surface area (Å²) >= 11 is 0. The number of nitrogens with zero attached hydrogens (tertiary/aromatic N) is 2. The number of rotatable bonds is 7. The number of carbonyl (C=O) groups excluding carboxylic acids is 1. The molecule has 6 heteroatoms. The molecule has 138 valence electrons. The number of guanidine groups is 1. The number of carbonyl (C=O) groups is 1. The number of nitrogens with one attached hydrogen (secondary N) is 2. The lowest BCUT2D eigenvalue weighted by molar-refractivity contribution is -0.118. The number of hydrogen-bond acceptors (Lipinski definition) is 3. The second-order valence-corrected chi connectivity index (χ2v) is 6.23. The minimum Gasteiger partial charge on any atom is -0.467 e. The number of hydrogen-bond donors (Lipinski definition) is 2. The van der Waals surface area contributed by atoms with Crippen LogP contribution in [-0.4, -0.2) is 31.5 Å². The van der Waals surface area contributed by atoms with Gasteiger partial charge in [0.2, 0.25) is 5.91 Å². The second-order valence-electron chi connectivity index (χ2n) is 6.23. The molecule has 6 nitrogen and oxygen atoms in total. The quantitative estimate of drug-likeness (QED) is 0.456. The lowest BCUT2D eigenvalue weighted by atomic mass is 10.2. The molecule has 0 bridgehead atoms. The highest BCUT2D eigenvalue weighted by Crippen LogP contribution is 2.27. The van der Waals surface area contributed by atoms with Crippen molar-refractivity contribution in [1.82, 2.24) is 10.6 Å². The summed E-state index contributed by atoms with van der Waals surface area (Å²) in [6.07, 6.45) is 3.89. The normalized spacial score (nSPS) is 13.6. The number of para-hydroxylation sites is 1. The summed E-state index contributed by atoms with van der Waals surface area (Å²) in [6, 6.07) is 11.9. The molecule has 26 heavy (non-hydrogen) atoms. The Labute approximate surface area is 154 Å². The van der Waals surface area contributed by atoms with Gasteiger partial charge in [0.15, 0.2) is 5.96 Å². The van der Waals surface area contributed by atoms with E-state index in [1.807, 2.05) is 42.2 Å². The van der Waals surface area contributed by atoms with Gasteiger partial charge in [-0.2, -0.15) is 0 Å². The van der Waals surface area contributed by atoms with Crippen LogP contribution in [0.4, 0.5) is 5.69 Å². The molecule has 0 saturated carbocycles. The van der Waals surface area contributed by atoms with Crippen LogP contribution >= 0.6 is 0 Å². The highest BCUT2D eigenvalue weighted by Gasteiger charge is 2.23. The number of benzene rings is 1. The van der Waals surface area contributed by atoms with Crippen LogP contribution in [-0.2, 0) is 17.8 Å². The molecule has 2 heterocycles. The Balaban J connectivity index is 1.43. The number of furan rings is 1. The molecule has 1 aromatic carbocycles. The third-order valence-electron chi connectivity index (χ3n) is 4.37. The first kappa shape index (κ1) is 18.0. The van der Waals surface area contributed by atoms with E-state index < -0.39 is 0 Å². The first-order valence-corrected chi connectivity index (χ1v) is 9.20. The fraction of sp³-hybridized carbons (Fsp3) is 0.400. The molecule has 1 amide bonds. The maximum Gasteiger partial charge on any atom is 0.227 e. The summed E-state index contributed by atoms with van der Waals surface area (Å²) in [6.45, 7) is 4.79. The molecule has 0 spiro atoms. The van der Waals surface area contributed by atoms with Gasteiger partial charge >= 0.3 is 0 Å². The van der Waals surface area contributed by atoms with Gasteiger partial charge in [0.25, 0.3) is 0 Å². The lowest BCUT2D eigenvalue weighted by Gasteiger charge is -2.17. The number of aliphatic imine (C=N–C) groups is 1. The minimum absolute atomic E-state index is 0.189. The first-order valence-electron chi connectivity index (χ1n) is 9.20. The zero-order valence-corrected chi connectivity index (χ0v) is 15.2. The third kappa shape index (κ3) is 4.65. The third-order valence-corrected chi connectivity index (χ3v) is 4.37. The van der Waals surface area contributed by atoms with Crippen molar-refractivity contribution in [3.8, 4) is 0 Å². The van der Waals surface area contributed by atoms with Crippen molar-refractivity contribution in [3.63, 3.8) is 0 Å². The fourth-order valence-electron chi connectivity index (χ4n) is 3.08. The number of amides is 1. The fourth-order valence-corrected chi connectivity index (χ4v) is 3.08. The Morgan fingerprint density at radius 2 is 2.12 bits per heavy atom. The lowest BCUT2D eigenvalue weighted by Crippen LogP contribution is -2.38. The molecule has 2 aromatic rings. The summed E-state index contributed by atoms with van der Waals surface area (Å²) < 4.78 is 5.29. The van der Waals surface area contributed by atoms with Crippen LogP contribution in [0.1, 0.15) is 31.1 Å². The van der Waals surface area contributed by atoms with Crippen molar-refractivity contribution >= 4 is 17.6 Å². The maximum absolute atomic E-state index is 12.5. The molecule has 2 N–H and O–H groups in total. The van der Waals surface area contributed by atoms with Gasteiger partial charge < -0.3 is 20.0 Å². The molecule has 0 aliphatic carbocycles. The van der Waals surface area contributed by atoms with Gasteiger partial charge in [-0.1, -0.05) is 18.2 Å². The SMILES string of the molecule is CCNC(=NCc1ccco1)NCCCC(=O)N1CCc2ccccc21. The highest BCUT2D eigenvalue weighted by atomic mass is 16.3. The monoisotopic (exact) mass is 354 g/mol. The zero-order valence-electron chi connectivity index (χ0n) is 15.2. The van der Waals surface area contributed by atoms with Crippen LogP contribution in [0.5, 0.6) is 0 Å². The van der Waals surface area contributed by atoms with Crippen molar-refractivity contribution in [2.45, 2.75) is 32.7 Å². The van der Waals surface area contributed by atoms with Crippen LogP contribution in [0, 0.1) is 0 Å². The van der Waals surface area contributed by atoms with Gasteiger partial charge in [0.05, 0.1) is 6.26 Å². The Hall–Kier alpha value is -2.76. The molecule has 1 aromatic heterocycles. The molecular weight excluding hydrogens is 328 g/mol. The van der Waals surface area contributed by atoms with Gasteiger partial charge in [0.1, 0.15) is 12.3 Å². The Morgan fingerprint density at radius 3 is 2.92 bits per heavy atom. The Bertz CT molecular complexity index is 740. The summed E-state index contributed by atoms with van der Waals surface area (Å²) in [7, 11) is 0. The predicted molar refractivity (Wildman–Crippen MR) is 103 cm³/mol. The maximum atomic E-state index is 12.5. The van der Waals surface area contributed by atoms with E-state index in [4.69, 9.17) is 4.42 Å². The van der Waals surface area contributed by atoms with Gasteiger partial charge in [-0.05, 0) is 43.5 Å². The first-order chi connectivity index (χ1) is 12.8. The molecule has 1 aliphatic rings. The molecule has 1 aliphatic heterocycles. The molecular formula is C20H26N4O2. The summed E-state index contributed by atoms with van der Waals surface area (Å²) in [4.78, 5) is 18.9. The number of fused-ring (bicyclic) bond motifs is 1. The Morgan fingerprint density at radius 1 is 1.23 bits per heavy atom. The van der Waals surface area contributed by atoms with Crippen molar-refractivity contribution in [2.24, 2.45) is 4.99 Å². The van der Waals surface area contributed by atoms with Crippen LogP contribution in [0.3, 0.4) is 0 Å². The zero-order chi connectivity index (χ0) is 18.2. The molecule has 0 fully saturated rings. The van der Waals surface area contributed by atoms with Crippen molar-refractivity contribution < 1.29 is 9.21 Å². The largest absolute Gasteiger partial charge is 0.467 e. The van der Waals surface area contributed by atoms with E-state index in [9.17, 15) is 4.79 Å². The van der Waals surface area contributed by atoms with E-state index in [0.717, 1.165) is 43.3 Å². The van der Waals surface area contributed by atoms with Gasteiger partial charge in [-0.25, -0.2) is 4.99 Å². The van der Waals surface area contributed by atoms with Crippen molar-refractivity contribution in [2.75, 3.05) is 24.5 Å². The highest BCUT2D eigenvalue weighted by molar-refractivity contribution is 5.95. The average Bonchev–Trinajstić information content (AvgIpc) is 3.32. The van der Waals surface area contributed by atoms with E-state index in [-0.39, 0.29) is 5.91 Å². The van der Waals surface area contributed by atoms with E-state index >= 15 is 0 Å². The van der Waals surface area contributed by atoms with Gasteiger partial charge in [0, 0.05) is 31.7 Å². The summed E-state index contributed by atoms with van der Waals surface area (Å²) in [5.41, 5.74) is 2.33. The molecule has 0 unspecified atom stereocenters. The summed E-state index contributed by atoms with van der Waals surface area (Å²) in [5, 5.41) is 6.48. The van der Waals surface area contributed by atoms with E-state index in [1.165, 1.54) is 5.56 Å². The molecule has 3 rings (SSSR count). The standard InChI is InChI=1S/C20H26N4O2/c1-2-21-20(23-15-17-8-6-14-26-17)22-12-5-10-19(25)24-13-11-16-7-3-4-9-18(16)24/h3-4,6-9,14H,2,5,10-13,15H2,1H3,(H2,21,22,23). The van der Waals surface area contributed by atoms with E-state index in [0.29, 0.717) is 19.5 Å². The summed E-state index contributed by atoms with van der Waals surface area (Å²) in [5.74, 6) is 1.75. The van der Waals surface area contributed by atoms with Crippen LogP contribution < -0.4 is 15.5 Å². The molecule has 0 radical (unpaired) electrons. The van der Waals surface area contributed by atoms with E-state index in [1.54, 1.807) is 6.26 Å². The predicted octanol–water partition coefficient (Wildman–Crippen LogP) is 2.70.